The molecule has 4 nitrogen and oxygen atoms in total. The molecule has 31 heavy (non-hydrogen) atoms. The zero-order valence-corrected chi connectivity index (χ0v) is 29.4. The highest BCUT2D eigenvalue weighted by Gasteiger charge is 2.35. The largest absolute Gasteiger partial charge is 0.491 e. The van der Waals surface area contributed by atoms with Crippen molar-refractivity contribution >= 4 is 137 Å². The predicted molar refractivity (Wildman–Crippen MR) is 152 cm³/mol. The van der Waals surface area contributed by atoms with Crippen LogP contribution in [-0.4, -0.2) is 21.6 Å². The van der Waals surface area contributed by atoms with Gasteiger partial charge in [0.15, 0.2) is 0 Å². The van der Waals surface area contributed by atoms with E-state index in [-0.39, 0.29) is 9.79 Å². The Morgan fingerprint density at radius 3 is 1.03 bits per heavy atom. The number of rotatable bonds is 8. The molecular weight excluding hydrogens is 951 g/mol. The highest BCUT2D eigenvalue weighted by atomic mass is 79.9. The average molecular weight is 966 g/mol. The first-order chi connectivity index (χ1) is 14.4. The number of halogens is 8. The molecule has 13 heteroatoms. The first-order valence-electron chi connectivity index (χ1n) is 8.65. The summed E-state index contributed by atoms with van der Waals surface area (Å²) in [5.41, 5.74) is 0. The second-order valence-electron chi connectivity index (χ2n) is 6.03. The molecule has 0 N–H and O–H groups in total. The molecule has 0 atom stereocenters. The lowest BCUT2D eigenvalue weighted by molar-refractivity contribution is 0.312. The Hall–Kier alpha value is 1.83. The van der Waals surface area contributed by atoms with Crippen molar-refractivity contribution in [3.05, 3.63) is 35.8 Å². The molecule has 0 amide bonds. The van der Waals surface area contributed by atoms with E-state index in [0.717, 1.165) is 12.8 Å². The summed E-state index contributed by atoms with van der Waals surface area (Å²) in [6, 6.07) is 0. The molecular formula is C18H14Br8O4S. The van der Waals surface area contributed by atoms with Crippen molar-refractivity contribution < 1.29 is 17.9 Å². The molecule has 2 aromatic rings. The van der Waals surface area contributed by atoms with E-state index >= 15 is 0 Å². The van der Waals surface area contributed by atoms with Gasteiger partial charge < -0.3 is 9.47 Å². The fourth-order valence-corrected chi connectivity index (χ4v) is 11.7. The maximum Gasteiger partial charge on any atom is 0.211 e. The van der Waals surface area contributed by atoms with Crippen molar-refractivity contribution in [2.45, 2.75) is 36.5 Å². The normalized spacial score (nSPS) is 11.7. The molecule has 0 bridgehead atoms. The molecule has 0 aliphatic carbocycles. The van der Waals surface area contributed by atoms with E-state index in [2.05, 4.69) is 127 Å². The van der Waals surface area contributed by atoms with Gasteiger partial charge in [-0.25, -0.2) is 8.42 Å². The number of ether oxygens (including phenoxy) is 2. The molecule has 0 spiro atoms. The van der Waals surface area contributed by atoms with Crippen LogP contribution in [0.25, 0.3) is 0 Å². The second-order valence-corrected chi connectivity index (χ2v) is 14.2. The summed E-state index contributed by atoms with van der Waals surface area (Å²) in [6.07, 6.45) is 1.62. The monoisotopic (exact) mass is 957 g/mol. The Bertz CT molecular complexity index is 979. The minimum Gasteiger partial charge on any atom is -0.491 e. The van der Waals surface area contributed by atoms with E-state index in [1.165, 1.54) is 0 Å². The van der Waals surface area contributed by atoms with Crippen LogP contribution in [0.2, 0.25) is 0 Å². The van der Waals surface area contributed by atoms with Crippen molar-refractivity contribution in [2.24, 2.45) is 0 Å². The maximum absolute atomic E-state index is 13.9. The number of hydrogen-bond acceptors (Lipinski definition) is 4. The quantitative estimate of drug-likeness (QED) is 0.248. The van der Waals surface area contributed by atoms with Crippen molar-refractivity contribution in [1.29, 1.82) is 0 Å². The van der Waals surface area contributed by atoms with Crippen LogP contribution in [0, 0.1) is 0 Å². The standard InChI is InChI=1S/C18H14Br8O4S/c1-3-5-29-15-7(19)11(23)17(12(24)8(15)20)31(27,28)18-13(25)9(21)16(30-6-4-2)10(22)14(18)26/h3-6H2,1-2H3. The fourth-order valence-electron chi connectivity index (χ4n) is 2.42. The van der Waals surface area contributed by atoms with Gasteiger partial charge in [0.25, 0.3) is 0 Å². The van der Waals surface area contributed by atoms with Gasteiger partial charge in [-0.05, 0) is 140 Å². The van der Waals surface area contributed by atoms with Crippen molar-refractivity contribution in [2.75, 3.05) is 13.2 Å². The molecule has 0 aliphatic heterocycles. The lowest BCUT2D eigenvalue weighted by atomic mass is 10.3. The van der Waals surface area contributed by atoms with Crippen LogP contribution < -0.4 is 9.47 Å². The summed E-state index contributed by atoms with van der Waals surface area (Å²) in [4.78, 5) is 0.0788. The van der Waals surface area contributed by atoms with E-state index in [1.807, 2.05) is 13.8 Å². The van der Waals surface area contributed by atoms with Gasteiger partial charge in [-0.1, -0.05) is 13.8 Å². The van der Waals surface area contributed by atoms with Gasteiger partial charge in [0, 0.05) is 0 Å². The third-order valence-corrected chi connectivity index (χ3v) is 15.1. The lowest BCUT2D eigenvalue weighted by Crippen LogP contribution is -2.10. The molecule has 0 saturated heterocycles. The van der Waals surface area contributed by atoms with Crippen molar-refractivity contribution in [1.82, 2.24) is 0 Å². The summed E-state index contributed by atoms with van der Waals surface area (Å²) in [5.74, 6) is 1.01. The third kappa shape index (κ3) is 5.81. The van der Waals surface area contributed by atoms with Gasteiger partial charge in [0.1, 0.15) is 21.3 Å². The Labute approximate surface area is 248 Å². The molecule has 172 valence electrons. The Morgan fingerprint density at radius 2 is 0.806 bits per heavy atom. The predicted octanol–water partition coefficient (Wildman–Crippen LogP) is 10.2. The SMILES string of the molecule is CCCOc1c(Br)c(Br)c(S(=O)(=O)c2c(Br)c(Br)c(OCCC)c(Br)c2Br)c(Br)c1Br. The molecule has 0 aliphatic rings. The van der Waals surface area contributed by atoms with E-state index in [9.17, 15) is 8.42 Å². The summed E-state index contributed by atoms with van der Waals surface area (Å²) < 4.78 is 42.7. The van der Waals surface area contributed by atoms with Crippen LogP contribution >= 0.6 is 127 Å². The highest BCUT2D eigenvalue weighted by Crippen LogP contribution is 2.54. The van der Waals surface area contributed by atoms with Crippen LogP contribution in [-0.2, 0) is 9.84 Å². The third-order valence-electron chi connectivity index (χ3n) is 3.80. The minimum atomic E-state index is -4.04. The minimum absolute atomic E-state index is 0.0394. The van der Waals surface area contributed by atoms with Crippen molar-refractivity contribution in [3.8, 4) is 11.5 Å². The van der Waals surface area contributed by atoms with Gasteiger partial charge in [-0.15, -0.1) is 0 Å². The van der Waals surface area contributed by atoms with E-state index in [4.69, 9.17) is 9.47 Å². The smallest absolute Gasteiger partial charge is 0.211 e. The van der Waals surface area contributed by atoms with Crippen LogP contribution in [0.5, 0.6) is 11.5 Å². The lowest BCUT2D eigenvalue weighted by Gasteiger charge is -2.20. The summed E-state index contributed by atoms with van der Waals surface area (Å²) in [6.45, 7) is 4.95. The fraction of sp³-hybridized carbons (Fsp3) is 0.333. The second kappa shape index (κ2) is 12.2. The highest BCUT2D eigenvalue weighted by molar-refractivity contribution is 9.14. The summed E-state index contributed by atoms with van der Waals surface area (Å²) in [7, 11) is -4.04. The van der Waals surface area contributed by atoms with Gasteiger partial charge in [-0.2, -0.15) is 0 Å². The Balaban J connectivity index is 2.83. The van der Waals surface area contributed by atoms with Gasteiger partial charge >= 0.3 is 0 Å². The zero-order chi connectivity index (χ0) is 23.7. The van der Waals surface area contributed by atoms with E-state index in [0.29, 0.717) is 60.5 Å². The average Bonchev–Trinajstić information content (AvgIpc) is 2.71. The molecule has 0 radical (unpaired) electrons. The first-order valence-corrected chi connectivity index (χ1v) is 16.5. The van der Waals surface area contributed by atoms with Crippen LogP contribution in [0.3, 0.4) is 0 Å². The summed E-state index contributed by atoms with van der Waals surface area (Å²) in [5, 5.41) is 0. The molecule has 2 aromatic carbocycles. The molecule has 0 heterocycles. The van der Waals surface area contributed by atoms with Crippen LogP contribution in [0.1, 0.15) is 26.7 Å². The molecule has 0 fully saturated rings. The number of sulfone groups is 1. The number of benzene rings is 2. The Morgan fingerprint density at radius 1 is 0.548 bits per heavy atom. The van der Waals surface area contributed by atoms with Gasteiger partial charge in [0.05, 0.1) is 49.0 Å². The van der Waals surface area contributed by atoms with Crippen LogP contribution in [0.4, 0.5) is 0 Å². The van der Waals surface area contributed by atoms with E-state index in [1.54, 1.807) is 0 Å². The molecule has 2 rings (SSSR count). The molecule has 0 aromatic heterocycles. The topological polar surface area (TPSA) is 52.6 Å². The molecule has 0 saturated carbocycles. The van der Waals surface area contributed by atoms with Gasteiger partial charge in [0.2, 0.25) is 9.84 Å². The van der Waals surface area contributed by atoms with Crippen molar-refractivity contribution in [3.63, 3.8) is 0 Å². The van der Waals surface area contributed by atoms with Crippen LogP contribution in [0.15, 0.2) is 45.6 Å². The van der Waals surface area contributed by atoms with E-state index < -0.39 is 9.84 Å². The van der Waals surface area contributed by atoms with Gasteiger partial charge in [-0.3, -0.25) is 0 Å². The molecule has 0 unspecified atom stereocenters. The first kappa shape index (κ1) is 29.1. The summed E-state index contributed by atoms with van der Waals surface area (Å²) >= 11 is 27.6. The maximum atomic E-state index is 13.9. The number of hydrogen-bond donors (Lipinski definition) is 0. The Kier molecular flexibility index (Phi) is 11.4. The zero-order valence-electron chi connectivity index (χ0n) is 15.9.